The molecule has 0 spiro atoms. The van der Waals surface area contributed by atoms with Crippen molar-refractivity contribution >= 4 is 7.32 Å². The standard InChI is InChI=1S/C10H11BO3/c12-11(13-9-5-1-2-6-9)14-10-7-3-4-8-10/h1-5,7,12H,6,8H2. The molecule has 0 atom stereocenters. The highest BCUT2D eigenvalue weighted by molar-refractivity contribution is 6.35. The molecule has 2 aliphatic carbocycles. The molecule has 0 radical (unpaired) electrons. The smallest absolute Gasteiger partial charge is 0.504 e. The van der Waals surface area contributed by atoms with Crippen molar-refractivity contribution in [3.05, 3.63) is 48.0 Å². The molecule has 0 fully saturated rings. The molecule has 2 rings (SSSR count). The van der Waals surface area contributed by atoms with E-state index in [-0.39, 0.29) is 0 Å². The predicted octanol–water partition coefficient (Wildman–Crippen LogP) is 1.68. The third-order valence-electron chi connectivity index (χ3n) is 1.98. The Hall–Kier alpha value is -1.42. The van der Waals surface area contributed by atoms with Crippen molar-refractivity contribution in [1.29, 1.82) is 0 Å². The van der Waals surface area contributed by atoms with Crippen LogP contribution in [0.1, 0.15) is 12.8 Å². The summed E-state index contributed by atoms with van der Waals surface area (Å²) in [6, 6.07) is 0. The average molecular weight is 190 g/mol. The van der Waals surface area contributed by atoms with Gasteiger partial charge in [-0.3, -0.25) is 0 Å². The molecule has 2 aliphatic rings. The van der Waals surface area contributed by atoms with Crippen molar-refractivity contribution in [3.8, 4) is 0 Å². The van der Waals surface area contributed by atoms with Crippen LogP contribution in [0.5, 0.6) is 0 Å². The third-order valence-corrected chi connectivity index (χ3v) is 1.98. The molecule has 0 aliphatic heterocycles. The van der Waals surface area contributed by atoms with E-state index in [1.165, 1.54) is 0 Å². The second kappa shape index (κ2) is 4.20. The fraction of sp³-hybridized carbons (Fsp3) is 0.200. The van der Waals surface area contributed by atoms with Crippen LogP contribution < -0.4 is 0 Å². The molecule has 72 valence electrons. The van der Waals surface area contributed by atoms with E-state index in [0.717, 1.165) is 24.4 Å². The van der Waals surface area contributed by atoms with E-state index in [4.69, 9.17) is 9.31 Å². The molecule has 1 N–H and O–H groups in total. The first-order chi connectivity index (χ1) is 6.84. The Kier molecular flexibility index (Phi) is 2.74. The average Bonchev–Trinajstić information content (AvgIpc) is 2.76. The van der Waals surface area contributed by atoms with Gasteiger partial charge in [0.1, 0.15) is 0 Å². The maximum absolute atomic E-state index is 9.39. The van der Waals surface area contributed by atoms with E-state index in [0.29, 0.717) is 0 Å². The van der Waals surface area contributed by atoms with Gasteiger partial charge in [-0.05, 0) is 12.2 Å². The van der Waals surface area contributed by atoms with Crippen LogP contribution in [0.3, 0.4) is 0 Å². The maximum atomic E-state index is 9.39. The zero-order chi connectivity index (χ0) is 9.80. The van der Waals surface area contributed by atoms with Gasteiger partial charge in [0.05, 0.1) is 11.5 Å². The van der Waals surface area contributed by atoms with Crippen LogP contribution >= 0.6 is 0 Å². The number of hydrogen-bond donors (Lipinski definition) is 1. The van der Waals surface area contributed by atoms with E-state index >= 15 is 0 Å². The molecule has 0 heterocycles. The first-order valence-corrected chi connectivity index (χ1v) is 4.57. The predicted molar refractivity (Wildman–Crippen MR) is 53.8 cm³/mol. The molecule has 0 saturated heterocycles. The summed E-state index contributed by atoms with van der Waals surface area (Å²) >= 11 is 0. The highest BCUT2D eigenvalue weighted by atomic mass is 16.7. The summed E-state index contributed by atoms with van der Waals surface area (Å²) < 4.78 is 10.3. The maximum Gasteiger partial charge on any atom is 0.784 e. The SMILES string of the molecule is OB(OC1=CC=CC1)OC1=CC=CC1. The van der Waals surface area contributed by atoms with Gasteiger partial charge in [0.15, 0.2) is 0 Å². The largest absolute Gasteiger partial charge is 0.784 e. The van der Waals surface area contributed by atoms with Gasteiger partial charge in [0.25, 0.3) is 0 Å². The topological polar surface area (TPSA) is 38.7 Å². The van der Waals surface area contributed by atoms with E-state index in [1.807, 2.05) is 36.5 Å². The van der Waals surface area contributed by atoms with Crippen LogP contribution in [-0.2, 0) is 9.31 Å². The van der Waals surface area contributed by atoms with Crippen molar-refractivity contribution in [2.75, 3.05) is 0 Å². The zero-order valence-corrected chi connectivity index (χ0v) is 7.72. The molecule has 3 nitrogen and oxygen atoms in total. The van der Waals surface area contributed by atoms with Gasteiger partial charge >= 0.3 is 7.32 Å². The van der Waals surface area contributed by atoms with Crippen molar-refractivity contribution in [3.63, 3.8) is 0 Å². The Balaban J connectivity index is 1.76. The first-order valence-electron chi connectivity index (χ1n) is 4.57. The quantitative estimate of drug-likeness (QED) is 0.685. The Morgan fingerprint density at radius 1 is 1.00 bits per heavy atom. The molecule has 0 aromatic rings. The van der Waals surface area contributed by atoms with E-state index < -0.39 is 7.32 Å². The normalized spacial score (nSPS) is 18.1. The summed E-state index contributed by atoms with van der Waals surface area (Å²) in [5, 5.41) is 9.39. The van der Waals surface area contributed by atoms with Gasteiger partial charge in [-0.25, -0.2) is 0 Å². The lowest BCUT2D eigenvalue weighted by Crippen LogP contribution is -2.21. The van der Waals surface area contributed by atoms with E-state index in [2.05, 4.69) is 0 Å². The fourth-order valence-corrected chi connectivity index (χ4v) is 1.31. The Morgan fingerprint density at radius 2 is 1.50 bits per heavy atom. The minimum Gasteiger partial charge on any atom is -0.504 e. The molecule has 0 unspecified atom stereocenters. The molecule has 0 aromatic heterocycles. The van der Waals surface area contributed by atoms with Crippen molar-refractivity contribution < 1.29 is 14.3 Å². The van der Waals surface area contributed by atoms with Crippen molar-refractivity contribution in [2.24, 2.45) is 0 Å². The van der Waals surface area contributed by atoms with E-state index in [1.54, 1.807) is 0 Å². The van der Waals surface area contributed by atoms with Crippen LogP contribution in [-0.4, -0.2) is 12.3 Å². The molecule has 0 bridgehead atoms. The number of rotatable bonds is 4. The summed E-state index contributed by atoms with van der Waals surface area (Å²) in [6.07, 6.45) is 12.8. The molecular formula is C10H11BO3. The van der Waals surface area contributed by atoms with Crippen LogP contribution in [0.15, 0.2) is 48.0 Å². The van der Waals surface area contributed by atoms with Gasteiger partial charge in [-0.1, -0.05) is 24.3 Å². The lowest BCUT2D eigenvalue weighted by atomic mass is 10.2. The van der Waals surface area contributed by atoms with Crippen LogP contribution in [0.25, 0.3) is 0 Å². The monoisotopic (exact) mass is 190 g/mol. The second-order valence-electron chi connectivity index (χ2n) is 3.07. The van der Waals surface area contributed by atoms with Crippen LogP contribution in [0.2, 0.25) is 0 Å². The lowest BCUT2D eigenvalue weighted by molar-refractivity contribution is 0.203. The van der Waals surface area contributed by atoms with Crippen molar-refractivity contribution in [1.82, 2.24) is 0 Å². The van der Waals surface area contributed by atoms with Gasteiger partial charge in [-0.2, -0.15) is 0 Å². The lowest BCUT2D eigenvalue weighted by Gasteiger charge is -2.11. The molecule has 0 amide bonds. The van der Waals surface area contributed by atoms with E-state index in [9.17, 15) is 5.02 Å². The summed E-state index contributed by atoms with van der Waals surface area (Å²) in [5.41, 5.74) is 0. The third kappa shape index (κ3) is 2.29. The number of hydrogen-bond acceptors (Lipinski definition) is 3. The summed E-state index contributed by atoms with van der Waals surface area (Å²) in [6.45, 7) is 0. The summed E-state index contributed by atoms with van der Waals surface area (Å²) in [4.78, 5) is 0. The highest BCUT2D eigenvalue weighted by Crippen LogP contribution is 2.16. The Morgan fingerprint density at radius 3 is 1.86 bits per heavy atom. The summed E-state index contributed by atoms with van der Waals surface area (Å²) in [7, 11) is -1.20. The first kappa shape index (κ1) is 9.15. The fourth-order valence-electron chi connectivity index (χ4n) is 1.31. The summed E-state index contributed by atoms with van der Waals surface area (Å²) in [5.74, 6) is 1.45. The number of allylic oxidation sites excluding steroid dienone is 6. The Labute approximate surface area is 83.2 Å². The van der Waals surface area contributed by atoms with Gasteiger partial charge in [0, 0.05) is 12.8 Å². The minimum atomic E-state index is -1.20. The van der Waals surface area contributed by atoms with Crippen molar-refractivity contribution in [2.45, 2.75) is 12.8 Å². The van der Waals surface area contributed by atoms with Crippen LogP contribution in [0.4, 0.5) is 0 Å². The highest BCUT2D eigenvalue weighted by Gasteiger charge is 2.23. The van der Waals surface area contributed by atoms with Crippen LogP contribution in [0, 0.1) is 0 Å². The molecule has 0 saturated carbocycles. The molecule has 0 aromatic carbocycles. The zero-order valence-electron chi connectivity index (χ0n) is 7.72. The van der Waals surface area contributed by atoms with Gasteiger partial charge in [-0.15, -0.1) is 0 Å². The molecule has 14 heavy (non-hydrogen) atoms. The van der Waals surface area contributed by atoms with Gasteiger partial charge in [0.2, 0.25) is 0 Å². The molecular weight excluding hydrogens is 179 g/mol. The Bertz CT molecular complexity index is 296. The van der Waals surface area contributed by atoms with Gasteiger partial charge < -0.3 is 14.3 Å². The molecule has 4 heteroatoms. The minimum absolute atomic E-state index is 0.720. The second-order valence-corrected chi connectivity index (χ2v) is 3.07.